The minimum Gasteiger partial charge on any atom is -0.399 e. The molecule has 0 radical (unpaired) electrons. The second-order valence-corrected chi connectivity index (χ2v) is 5.78. The van der Waals surface area contributed by atoms with Crippen LogP contribution < -0.4 is 5.73 Å². The molecule has 0 amide bonds. The number of aryl methyl sites for hydroxylation is 3. The Morgan fingerprint density at radius 1 is 1.39 bits per heavy atom. The molecule has 1 aromatic carbocycles. The lowest BCUT2D eigenvalue weighted by molar-refractivity contribution is 0.669. The summed E-state index contributed by atoms with van der Waals surface area (Å²) in [5, 5.41) is 0. The van der Waals surface area contributed by atoms with Crippen LogP contribution in [0, 0.1) is 13.8 Å². The second kappa shape index (κ2) is 5.35. The molecule has 18 heavy (non-hydrogen) atoms. The van der Waals surface area contributed by atoms with Crippen molar-refractivity contribution in [3.8, 4) is 0 Å². The average Bonchev–Trinajstić information content (AvgIpc) is 2.72. The number of hydrogen-bond acceptors (Lipinski definition) is 3. The van der Waals surface area contributed by atoms with Crippen LogP contribution in [0.1, 0.15) is 11.4 Å². The van der Waals surface area contributed by atoms with Crippen molar-refractivity contribution >= 4 is 16.5 Å². The monoisotopic (exact) mass is 263 g/mol. The minimum absolute atomic E-state index is 0.585. The first-order valence-corrected chi connectivity index (χ1v) is 7.12. The normalized spacial score (nSPS) is 12.6. The lowest BCUT2D eigenvalue weighted by Crippen LogP contribution is -2.09. The summed E-state index contributed by atoms with van der Waals surface area (Å²) in [4.78, 5) is 5.01. The van der Waals surface area contributed by atoms with E-state index >= 15 is 0 Å². The fraction of sp³-hybridized carbons (Fsp3) is 0.308. The molecular weight excluding hydrogens is 246 g/mol. The van der Waals surface area contributed by atoms with Crippen molar-refractivity contribution in [1.29, 1.82) is 0 Å². The standard InChI is InChI=1S/C13H17N3OS/c1-10-9-12(14)3-4-13(10)18(17)8-7-16-6-5-15-11(16)2/h3-6,9H,7-8,14H2,1-2H3. The summed E-state index contributed by atoms with van der Waals surface area (Å²) in [6.07, 6.45) is 3.66. The summed E-state index contributed by atoms with van der Waals surface area (Å²) < 4.78 is 14.2. The Balaban J connectivity index is 2.06. The van der Waals surface area contributed by atoms with Gasteiger partial charge in [-0.1, -0.05) is 0 Å². The maximum Gasteiger partial charge on any atom is 0.105 e. The van der Waals surface area contributed by atoms with E-state index in [2.05, 4.69) is 4.98 Å². The van der Waals surface area contributed by atoms with Crippen LogP contribution in [0.5, 0.6) is 0 Å². The molecule has 0 saturated heterocycles. The molecule has 0 saturated carbocycles. The number of benzene rings is 1. The molecule has 2 rings (SSSR count). The van der Waals surface area contributed by atoms with Gasteiger partial charge in [0.1, 0.15) is 5.82 Å². The Hall–Kier alpha value is -1.62. The summed E-state index contributed by atoms with van der Waals surface area (Å²) >= 11 is 0. The van der Waals surface area contributed by atoms with Crippen LogP contribution in [0.3, 0.4) is 0 Å². The van der Waals surface area contributed by atoms with E-state index in [1.807, 2.05) is 36.7 Å². The summed E-state index contributed by atoms with van der Waals surface area (Å²) in [5.41, 5.74) is 7.38. The third-order valence-electron chi connectivity index (χ3n) is 2.89. The maximum atomic E-state index is 12.2. The molecule has 1 aromatic heterocycles. The van der Waals surface area contributed by atoms with E-state index in [-0.39, 0.29) is 0 Å². The third-order valence-corrected chi connectivity index (χ3v) is 4.39. The second-order valence-electron chi connectivity index (χ2n) is 4.24. The van der Waals surface area contributed by atoms with Crippen LogP contribution in [-0.4, -0.2) is 19.5 Å². The molecule has 1 atom stereocenters. The van der Waals surface area contributed by atoms with E-state index in [9.17, 15) is 4.21 Å². The van der Waals surface area contributed by atoms with Gasteiger partial charge >= 0.3 is 0 Å². The predicted octanol–water partition coefficient (Wildman–Crippen LogP) is 1.89. The van der Waals surface area contributed by atoms with Crippen molar-refractivity contribution in [1.82, 2.24) is 9.55 Å². The first-order valence-electron chi connectivity index (χ1n) is 5.80. The van der Waals surface area contributed by atoms with Crippen molar-refractivity contribution in [3.63, 3.8) is 0 Å². The zero-order valence-corrected chi connectivity index (χ0v) is 11.4. The van der Waals surface area contributed by atoms with E-state index in [4.69, 9.17) is 5.73 Å². The van der Waals surface area contributed by atoms with Crippen molar-refractivity contribution < 1.29 is 4.21 Å². The highest BCUT2D eigenvalue weighted by molar-refractivity contribution is 7.85. The molecule has 0 bridgehead atoms. The third kappa shape index (κ3) is 2.79. The van der Waals surface area contributed by atoms with E-state index in [0.29, 0.717) is 18.0 Å². The summed E-state index contributed by atoms with van der Waals surface area (Å²) in [6, 6.07) is 5.50. The van der Waals surface area contributed by atoms with Crippen molar-refractivity contribution in [3.05, 3.63) is 42.0 Å². The molecule has 0 fully saturated rings. The summed E-state index contributed by atoms with van der Waals surface area (Å²) in [5.74, 6) is 1.53. The molecule has 96 valence electrons. The number of nitrogens with two attached hydrogens (primary N) is 1. The molecule has 0 spiro atoms. The molecule has 1 heterocycles. The van der Waals surface area contributed by atoms with Crippen LogP contribution in [0.4, 0.5) is 5.69 Å². The zero-order chi connectivity index (χ0) is 13.1. The molecule has 0 aliphatic rings. The predicted molar refractivity (Wildman–Crippen MR) is 73.8 cm³/mol. The first kappa shape index (κ1) is 12.8. The van der Waals surface area contributed by atoms with Crippen LogP contribution in [0.25, 0.3) is 0 Å². The van der Waals surface area contributed by atoms with Gasteiger partial charge in [0.15, 0.2) is 0 Å². The Morgan fingerprint density at radius 3 is 2.78 bits per heavy atom. The van der Waals surface area contributed by atoms with Crippen molar-refractivity contribution in [2.75, 3.05) is 11.5 Å². The molecule has 1 unspecified atom stereocenters. The first-order chi connectivity index (χ1) is 8.58. The topological polar surface area (TPSA) is 60.9 Å². The summed E-state index contributed by atoms with van der Waals surface area (Å²) in [6.45, 7) is 4.59. The zero-order valence-electron chi connectivity index (χ0n) is 10.6. The molecule has 2 N–H and O–H groups in total. The van der Waals surface area contributed by atoms with Crippen molar-refractivity contribution in [2.45, 2.75) is 25.3 Å². The van der Waals surface area contributed by atoms with Crippen LogP contribution in [0.2, 0.25) is 0 Å². The Morgan fingerprint density at radius 2 is 2.17 bits per heavy atom. The molecule has 4 nitrogen and oxygen atoms in total. The number of nitrogen functional groups attached to an aromatic ring is 1. The summed E-state index contributed by atoms with van der Waals surface area (Å²) in [7, 11) is -1.00. The van der Waals surface area contributed by atoms with E-state index in [1.165, 1.54) is 0 Å². The van der Waals surface area contributed by atoms with Gasteiger partial charge in [-0.3, -0.25) is 4.21 Å². The maximum absolute atomic E-state index is 12.2. The van der Waals surface area contributed by atoms with Gasteiger partial charge in [-0.25, -0.2) is 4.98 Å². The highest BCUT2D eigenvalue weighted by Crippen LogP contribution is 2.16. The van der Waals surface area contributed by atoms with E-state index in [0.717, 1.165) is 16.3 Å². The number of aromatic nitrogens is 2. The largest absolute Gasteiger partial charge is 0.399 e. The lowest BCUT2D eigenvalue weighted by Gasteiger charge is -2.08. The number of imidazole rings is 1. The lowest BCUT2D eigenvalue weighted by atomic mass is 10.2. The molecular formula is C13H17N3OS. The minimum atomic E-state index is -1.00. The van der Waals surface area contributed by atoms with Crippen LogP contribution >= 0.6 is 0 Å². The average molecular weight is 263 g/mol. The van der Waals surface area contributed by atoms with Gasteiger partial charge in [-0.05, 0) is 37.6 Å². The number of hydrogen-bond donors (Lipinski definition) is 1. The van der Waals surface area contributed by atoms with Gasteiger partial charge in [0.05, 0.1) is 10.8 Å². The fourth-order valence-electron chi connectivity index (χ4n) is 1.86. The van der Waals surface area contributed by atoms with Crippen LogP contribution in [0.15, 0.2) is 35.5 Å². The molecule has 0 aliphatic heterocycles. The van der Waals surface area contributed by atoms with E-state index in [1.54, 1.807) is 12.3 Å². The molecule has 2 aromatic rings. The number of rotatable bonds is 4. The quantitative estimate of drug-likeness (QED) is 0.857. The van der Waals surface area contributed by atoms with Gasteiger partial charge in [-0.2, -0.15) is 0 Å². The van der Waals surface area contributed by atoms with Gasteiger partial charge in [-0.15, -0.1) is 0 Å². The highest BCUT2D eigenvalue weighted by atomic mass is 32.2. The SMILES string of the molecule is Cc1cc(N)ccc1S(=O)CCn1ccnc1C. The van der Waals surface area contributed by atoms with Gasteiger partial charge in [0.2, 0.25) is 0 Å². The van der Waals surface area contributed by atoms with Crippen LogP contribution in [-0.2, 0) is 17.3 Å². The Kier molecular flexibility index (Phi) is 3.81. The van der Waals surface area contributed by atoms with Gasteiger partial charge in [0, 0.05) is 35.3 Å². The highest BCUT2D eigenvalue weighted by Gasteiger charge is 2.08. The molecule has 5 heteroatoms. The van der Waals surface area contributed by atoms with Gasteiger partial charge < -0.3 is 10.3 Å². The molecule has 0 aliphatic carbocycles. The number of nitrogens with zero attached hydrogens (tertiary/aromatic N) is 2. The van der Waals surface area contributed by atoms with E-state index < -0.39 is 10.8 Å². The number of anilines is 1. The van der Waals surface area contributed by atoms with Gasteiger partial charge in [0.25, 0.3) is 0 Å². The van der Waals surface area contributed by atoms with Crippen molar-refractivity contribution in [2.24, 2.45) is 0 Å². The smallest absolute Gasteiger partial charge is 0.105 e. The Labute approximate surface area is 109 Å². The Bertz CT molecular complexity index is 577. The fourth-order valence-corrected chi connectivity index (χ4v) is 3.08.